The van der Waals surface area contributed by atoms with Gasteiger partial charge in [0.25, 0.3) is 0 Å². The van der Waals surface area contributed by atoms with Crippen LogP contribution in [0.3, 0.4) is 0 Å². The summed E-state index contributed by atoms with van der Waals surface area (Å²) >= 11 is 0. The topological polar surface area (TPSA) is 61.2 Å². The standard InChI is InChI=1S/C22H21FN2O3/c1-14-7-9-17(10-8-14)12-25-16(3)21(15(2)24-25)22(27)28-13-20(26)18-5-4-6-19(23)11-18/h4-11H,12-13H2,1-3H3. The molecule has 0 saturated heterocycles. The van der Waals surface area contributed by atoms with Crippen LogP contribution in [0.4, 0.5) is 4.39 Å². The van der Waals surface area contributed by atoms with Crippen LogP contribution in [0.15, 0.2) is 48.5 Å². The van der Waals surface area contributed by atoms with Crippen molar-refractivity contribution in [1.29, 1.82) is 0 Å². The number of benzene rings is 2. The van der Waals surface area contributed by atoms with Crippen LogP contribution >= 0.6 is 0 Å². The van der Waals surface area contributed by atoms with Gasteiger partial charge in [0.2, 0.25) is 0 Å². The Hall–Kier alpha value is -3.28. The zero-order chi connectivity index (χ0) is 20.3. The number of carbonyl (C=O) groups excluding carboxylic acids is 2. The Kier molecular flexibility index (Phi) is 5.68. The lowest BCUT2D eigenvalue weighted by molar-refractivity contribution is 0.0473. The van der Waals surface area contributed by atoms with Crippen LogP contribution in [0.1, 0.15) is 43.2 Å². The van der Waals surface area contributed by atoms with Crippen LogP contribution < -0.4 is 0 Å². The van der Waals surface area contributed by atoms with E-state index in [9.17, 15) is 14.0 Å². The highest BCUT2D eigenvalue weighted by Gasteiger charge is 2.21. The van der Waals surface area contributed by atoms with Gasteiger partial charge in [-0.05, 0) is 38.5 Å². The van der Waals surface area contributed by atoms with E-state index in [0.717, 1.165) is 11.6 Å². The van der Waals surface area contributed by atoms with Gasteiger partial charge in [0.15, 0.2) is 12.4 Å². The summed E-state index contributed by atoms with van der Waals surface area (Å²) in [4.78, 5) is 24.6. The van der Waals surface area contributed by atoms with Crippen molar-refractivity contribution in [1.82, 2.24) is 9.78 Å². The number of Topliss-reactive ketones (excluding diaryl/α,β-unsaturated/α-hetero) is 1. The van der Waals surface area contributed by atoms with E-state index in [-0.39, 0.29) is 5.56 Å². The largest absolute Gasteiger partial charge is 0.454 e. The molecule has 0 saturated carbocycles. The SMILES string of the molecule is Cc1ccc(Cn2nc(C)c(C(=O)OCC(=O)c3cccc(F)c3)c2C)cc1. The molecule has 0 radical (unpaired) electrons. The number of ether oxygens (including phenoxy) is 1. The first-order chi connectivity index (χ1) is 13.3. The lowest BCUT2D eigenvalue weighted by Gasteiger charge is -2.07. The second-order valence-electron chi connectivity index (χ2n) is 6.70. The zero-order valence-electron chi connectivity index (χ0n) is 16.0. The van der Waals surface area contributed by atoms with Gasteiger partial charge in [-0.1, -0.05) is 42.0 Å². The molecule has 0 bridgehead atoms. The number of carbonyl (C=O) groups is 2. The first-order valence-corrected chi connectivity index (χ1v) is 8.90. The molecule has 5 nitrogen and oxygen atoms in total. The third-order valence-electron chi connectivity index (χ3n) is 4.52. The minimum absolute atomic E-state index is 0.163. The molecular formula is C22H21FN2O3. The Morgan fingerprint density at radius 3 is 2.46 bits per heavy atom. The van der Waals surface area contributed by atoms with Crippen molar-refractivity contribution in [3.63, 3.8) is 0 Å². The van der Waals surface area contributed by atoms with Gasteiger partial charge in [0.05, 0.1) is 17.9 Å². The highest BCUT2D eigenvalue weighted by atomic mass is 19.1. The summed E-state index contributed by atoms with van der Waals surface area (Å²) in [6.45, 7) is 5.61. The number of ketones is 1. The van der Waals surface area contributed by atoms with Crippen LogP contribution in [0.5, 0.6) is 0 Å². The Morgan fingerprint density at radius 1 is 1.07 bits per heavy atom. The van der Waals surface area contributed by atoms with E-state index < -0.39 is 24.2 Å². The summed E-state index contributed by atoms with van der Waals surface area (Å²) in [6.07, 6.45) is 0. The maximum Gasteiger partial charge on any atom is 0.342 e. The fourth-order valence-electron chi connectivity index (χ4n) is 2.96. The van der Waals surface area contributed by atoms with Crippen LogP contribution in [0.25, 0.3) is 0 Å². The van der Waals surface area contributed by atoms with Crippen molar-refractivity contribution < 1.29 is 18.7 Å². The molecule has 1 aromatic heterocycles. The van der Waals surface area contributed by atoms with E-state index in [2.05, 4.69) is 5.10 Å². The van der Waals surface area contributed by atoms with E-state index in [0.29, 0.717) is 23.5 Å². The van der Waals surface area contributed by atoms with Crippen LogP contribution in [0.2, 0.25) is 0 Å². The molecule has 28 heavy (non-hydrogen) atoms. The number of hydrogen-bond donors (Lipinski definition) is 0. The van der Waals surface area contributed by atoms with Crippen molar-refractivity contribution in [2.75, 3.05) is 6.61 Å². The Balaban J connectivity index is 1.70. The van der Waals surface area contributed by atoms with E-state index >= 15 is 0 Å². The van der Waals surface area contributed by atoms with Gasteiger partial charge >= 0.3 is 5.97 Å². The molecule has 2 aromatic carbocycles. The van der Waals surface area contributed by atoms with Gasteiger partial charge in [0, 0.05) is 5.56 Å². The summed E-state index contributed by atoms with van der Waals surface area (Å²) in [5.74, 6) is -1.59. The Labute approximate surface area is 162 Å². The fraction of sp³-hybridized carbons (Fsp3) is 0.227. The average Bonchev–Trinajstić information content (AvgIpc) is 2.94. The molecule has 0 fully saturated rings. The molecule has 6 heteroatoms. The maximum atomic E-state index is 13.2. The quantitative estimate of drug-likeness (QED) is 0.478. The zero-order valence-corrected chi connectivity index (χ0v) is 16.0. The summed E-state index contributed by atoms with van der Waals surface area (Å²) < 4.78 is 20.1. The van der Waals surface area contributed by atoms with Crippen molar-refractivity contribution in [2.45, 2.75) is 27.3 Å². The van der Waals surface area contributed by atoms with Crippen molar-refractivity contribution in [3.05, 3.63) is 88.0 Å². The molecule has 0 atom stereocenters. The van der Waals surface area contributed by atoms with E-state index in [1.165, 1.54) is 23.8 Å². The van der Waals surface area contributed by atoms with Gasteiger partial charge in [-0.2, -0.15) is 5.10 Å². The number of hydrogen-bond acceptors (Lipinski definition) is 4. The molecule has 3 rings (SSSR count). The Morgan fingerprint density at radius 2 is 1.79 bits per heavy atom. The van der Waals surface area contributed by atoms with Crippen molar-refractivity contribution in [3.8, 4) is 0 Å². The highest BCUT2D eigenvalue weighted by molar-refractivity contribution is 5.99. The first kappa shape index (κ1) is 19.5. The lowest BCUT2D eigenvalue weighted by atomic mass is 10.1. The molecule has 0 spiro atoms. The monoisotopic (exact) mass is 380 g/mol. The minimum Gasteiger partial charge on any atom is -0.454 e. The predicted octanol–water partition coefficient (Wildman–Crippen LogP) is 4.04. The number of esters is 1. The molecule has 1 heterocycles. The van der Waals surface area contributed by atoms with Crippen LogP contribution in [0, 0.1) is 26.6 Å². The molecular weight excluding hydrogens is 359 g/mol. The number of nitrogens with zero attached hydrogens (tertiary/aromatic N) is 2. The highest BCUT2D eigenvalue weighted by Crippen LogP contribution is 2.17. The lowest BCUT2D eigenvalue weighted by Crippen LogP contribution is -2.15. The molecule has 0 unspecified atom stereocenters. The third-order valence-corrected chi connectivity index (χ3v) is 4.52. The van der Waals surface area contributed by atoms with Crippen molar-refractivity contribution in [2.24, 2.45) is 0 Å². The minimum atomic E-state index is -0.616. The second kappa shape index (κ2) is 8.17. The molecule has 3 aromatic rings. The fourth-order valence-corrected chi connectivity index (χ4v) is 2.96. The molecule has 0 amide bonds. The number of aromatic nitrogens is 2. The molecule has 0 aliphatic carbocycles. The van der Waals surface area contributed by atoms with Crippen LogP contribution in [-0.4, -0.2) is 28.1 Å². The molecule has 144 valence electrons. The summed E-state index contributed by atoms with van der Waals surface area (Å²) in [5.41, 5.74) is 3.95. The second-order valence-corrected chi connectivity index (χ2v) is 6.70. The smallest absolute Gasteiger partial charge is 0.342 e. The molecule has 0 N–H and O–H groups in total. The number of rotatable bonds is 6. The van der Waals surface area contributed by atoms with Gasteiger partial charge in [0.1, 0.15) is 11.4 Å². The maximum absolute atomic E-state index is 13.2. The molecule has 0 aliphatic heterocycles. The third kappa shape index (κ3) is 4.34. The average molecular weight is 380 g/mol. The van der Waals surface area contributed by atoms with Gasteiger partial charge in [-0.3, -0.25) is 9.48 Å². The van der Waals surface area contributed by atoms with E-state index in [1.807, 2.05) is 31.2 Å². The van der Waals surface area contributed by atoms with Gasteiger partial charge in [-0.25, -0.2) is 9.18 Å². The Bertz CT molecular complexity index is 1020. The normalized spacial score (nSPS) is 10.7. The number of aryl methyl sites for hydroxylation is 2. The first-order valence-electron chi connectivity index (χ1n) is 8.90. The predicted molar refractivity (Wildman–Crippen MR) is 103 cm³/mol. The van der Waals surface area contributed by atoms with Gasteiger partial charge in [-0.15, -0.1) is 0 Å². The summed E-state index contributed by atoms with van der Waals surface area (Å²) in [5, 5.41) is 4.43. The van der Waals surface area contributed by atoms with E-state index in [1.54, 1.807) is 18.5 Å². The van der Waals surface area contributed by atoms with E-state index in [4.69, 9.17) is 4.74 Å². The molecule has 0 aliphatic rings. The summed E-state index contributed by atoms with van der Waals surface area (Å²) in [6, 6.07) is 13.4. The van der Waals surface area contributed by atoms with Crippen LogP contribution in [-0.2, 0) is 11.3 Å². The van der Waals surface area contributed by atoms with Crippen molar-refractivity contribution >= 4 is 11.8 Å². The summed E-state index contributed by atoms with van der Waals surface area (Å²) in [7, 11) is 0. The van der Waals surface area contributed by atoms with Gasteiger partial charge < -0.3 is 4.74 Å². The number of halogens is 1.